The van der Waals surface area contributed by atoms with Crippen LogP contribution in [0.2, 0.25) is 0 Å². The third-order valence-corrected chi connectivity index (χ3v) is 5.74. The summed E-state index contributed by atoms with van der Waals surface area (Å²) in [7, 11) is 0. The highest BCUT2D eigenvalue weighted by Crippen LogP contribution is 2.40. The molecule has 0 saturated heterocycles. The number of nitrogens with two attached hydrogens (primary N) is 1. The van der Waals surface area contributed by atoms with E-state index in [0.717, 1.165) is 11.1 Å². The van der Waals surface area contributed by atoms with Gasteiger partial charge in [-0.1, -0.05) is 84.9 Å². The van der Waals surface area contributed by atoms with E-state index in [-0.39, 0.29) is 0 Å². The topological polar surface area (TPSA) is 26.0 Å². The third kappa shape index (κ3) is 1.94. The van der Waals surface area contributed by atoms with Gasteiger partial charge in [-0.3, -0.25) is 0 Å². The molecule has 0 aromatic heterocycles. The molecule has 0 saturated carbocycles. The second kappa shape index (κ2) is 5.21. The third-order valence-electron chi connectivity index (χ3n) is 5.74. The normalized spacial score (nSPS) is 11.9. The van der Waals surface area contributed by atoms with Crippen molar-refractivity contribution in [1.29, 1.82) is 0 Å². The van der Waals surface area contributed by atoms with E-state index in [1.807, 2.05) is 0 Å². The predicted molar refractivity (Wildman–Crippen MR) is 118 cm³/mol. The average Bonchev–Trinajstić information content (AvgIpc) is 2.73. The predicted octanol–water partition coefficient (Wildman–Crippen LogP) is 7.03. The molecule has 1 nitrogen and oxygen atoms in total. The van der Waals surface area contributed by atoms with E-state index >= 15 is 0 Å². The van der Waals surface area contributed by atoms with E-state index in [9.17, 15) is 0 Å². The Labute approximate surface area is 156 Å². The number of hydrogen-bond donors (Lipinski definition) is 1. The van der Waals surface area contributed by atoms with E-state index < -0.39 is 0 Å². The minimum Gasteiger partial charge on any atom is -0.398 e. The number of benzene rings is 6. The first-order chi connectivity index (χ1) is 13.3. The second-order valence-electron chi connectivity index (χ2n) is 7.22. The summed E-state index contributed by atoms with van der Waals surface area (Å²) in [6.45, 7) is 0. The fraction of sp³-hybridized carbons (Fsp3) is 0. The van der Waals surface area contributed by atoms with Crippen molar-refractivity contribution >= 4 is 59.5 Å². The van der Waals surface area contributed by atoms with Crippen LogP contribution in [0.3, 0.4) is 0 Å². The fourth-order valence-corrected chi connectivity index (χ4v) is 4.54. The van der Waals surface area contributed by atoms with E-state index in [1.54, 1.807) is 0 Å². The van der Waals surface area contributed by atoms with Gasteiger partial charge >= 0.3 is 0 Å². The van der Waals surface area contributed by atoms with Crippen LogP contribution in [0, 0.1) is 0 Å². The highest BCUT2D eigenvalue weighted by Gasteiger charge is 2.12. The van der Waals surface area contributed by atoms with E-state index in [2.05, 4.69) is 91.0 Å². The smallest absolute Gasteiger partial charge is 0.0400 e. The summed E-state index contributed by atoms with van der Waals surface area (Å²) in [5.74, 6) is 0. The lowest BCUT2D eigenvalue weighted by atomic mass is 9.90. The second-order valence-corrected chi connectivity index (χ2v) is 7.22. The summed E-state index contributed by atoms with van der Waals surface area (Å²) in [5.41, 5.74) is 7.21. The van der Waals surface area contributed by atoms with Gasteiger partial charge < -0.3 is 5.73 Å². The SMILES string of the molecule is Nc1cc2ccc3ccc4ccc5ccccc5c4c3c2c2ccccc12. The molecular weight excluding hydrogens is 326 g/mol. The number of fused-ring (bicyclic) bond motifs is 9. The van der Waals surface area contributed by atoms with Crippen LogP contribution < -0.4 is 5.73 Å². The van der Waals surface area contributed by atoms with Gasteiger partial charge in [0.25, 0.3) is 0 Å². The lowest BCUT2D eigenvalue weighted by Crippen LogP contribution is -1.90. The monoisotopic (exact) mass is 343 g/mol. The number of nitrogen functional groups attached to an aromatic ring is 1. The summed E-state index contributed by atoms with van der Waals surface area (Å²) < 4.78 is 0. The lowest BCUT2D eigenvalue weighted by Gasteiger charge is -2.14. The van der Waals surface area contributed by atoms with Crippen LogP contribution >= 0.6 is 0 Å². The highest BCUT2D eigenvalue weighted by molar-refractivity contribution is 6.32. The van der Waals surface area contributed by atoms with Crippen LogP contribution in [0.15, 0.2) is 91.0 Å². The fourth-order valence-electron chi connectivity index (χ4n) is 4.54. The van der Waals surface area contributed by atoms with Gasteiger partial charge in [0.2, 0.25) is 0 Å². The first-order valence-electron chi connectivity index (χ1n) is 9.25. The maximum atomic E-state index is 6.37. The van der Waals surface area contributed by atoms with Crippen molar-refractivity contribution < 1.29 is 0 Å². The largest absolute Gasteiger partial charge is 0.398 e. The van der Waals surface area contributed by atoms with Gasteiger partial charge in [0, 0.05) is 11.1 Å². The maximum Gasteiger partial charge on any atom is 0.0400 e. The maximum absolute atomic E-state index is 6.37. The van der Waals surface area contributed by atoms with Gasteiger partial charge in [-0.2, -0.15) is 0 Å². The molecule has 0 atom stereocenters. The molecule has 6 aromatic carbocycles. The lowest BCUT2D eigenvalue weighted by molar-refractivity contribution is 1.76. The van der Waals surface area contributed by atoms with E-state index in [0.29, 0.717) is 0 Å². The molecule has 0 heterocycles. The Morgan fingerprint density at radius 3 is 1.70 bits per heavy atom. The summed E-state index contributed by atoms with van der Waals surface area (Å²) in [6, 6.07) is 32.5. The Morgan fingerprint density at radius 2 is 0.926 bits per heavy atom. The summed E-state index contributed by atoms with van der Waals surface area (Å²) in [6.07, 6.45) is 0. The van der Waals surface area contributed by atoms with E-state index in [1.165, 1.54) is 48.5 Å². The molecule has 126 valence electrons. The standard InChI is InChI=1S/C26H17N/c27-23-15-19-14-13-18-12-11-17-10-9-16-5-1-2-6-20(16)24(17)26(18)25(19)22-8-4-3-7-21(22)23/h1-15H,27H2. The molecule has 0 aliphatic carbocycles. The minimum atomic E-state index is 0.836. The molecule has 2 N–H and O–H groups in total. The van der Waals surface area contributed by atoms with Crippen LogP contribution in [0.5, 0.6) is 0 Å². The molecule has 0 aliphatic rings. The molecule has 0 radical (unpaired) electrons. The molecule has 0 bridgehead atoms. The molecule has 27 heavy (non-hydrogen) atoms. The van der Waals surface area contributed by atoms with Crippen LogP contribution in [-0.2, 0) is 0 Å². The van der Waals surface area contributed by atoms with Crippen molar-refractivity contribution in [1.82, 2.24) is 0 Å². The molecule has 6 rings (SSSR count). The Morgan fingerprint density at radius 1 is 0.407 bits per heavy atom. The van der Waals surface area contributed by atoms with Crippen molar-refractivity contribution in [2.45, 2.75) is 0 Å². The van der Waals surface area contributed by atoms with Gasteiger partial charge in [-0.25, -0.2) is 0 Å². The molecule has 0 aliphatic heterocycles. The summed E-state index contributed by atoms with van der Waals surface area (Å²) in [4.78, 5) is 0. The van der Waals surface area contributed by atoms with Gasteiger partial charge in [0.15, 0.2) is 0 Å². The van der Waals surface area contributed by atoms with Crippen LogP contribution in [-0.4, -0.2) is 0 Å². The van der Waals surface area contributed by atoms with Crippen molar-refractivity contribution in [2.75, 3.05) is 5.73 Å². The average molecular weight is 343 g/mol. The van der Waals surface area contributed by atoms with Crippen molar-refractivity contribution in [3.05, 3.63) is 91.0 Å². The van der Waals surface area contributed by atoms with Gasteiger partial charge in [0.05, 0.1) is 0 Å². The number of rotatable bonds is 0. The molecule has 6 aromatic rings. The summed E-state index contributed by atoms with van der Waals surface area (Å²) in [5, 5.41) is 12.6. The van der Waals surface area contributed by atoms with Crippen LogP contribution in [0.25, 0.3) is 53.9 Å². The zero-order valence-electron chi connectivity index (χ0n) is 14.7. The van der Waals surface area contributed by atoms with E-state index in [4.69, 9.17) is 5.73 Å². The Bertz CT molecular complexity index is 1520. The number of hydrogen-bond acceptors (Lipinski definition) is 1. The van der Waals surface area contributed by atoms with Crippen LogP contribution in [0.4, 0.5) is 5.69 Å². The number of anilines is 1. The summed E-state index contributed by atoms with van der Waals surface area (Å²) >= 11 is 0. The Hall–Kier alpha value is -3.58. The molecule has 0 unspecified atom stereocenters. The zero-order chi connectivity index (χ0) is 18.0. The first kappa shape index (κ1) is 14.6. The van der Waals surface area contributed by atoms with Crippen molar-refractivity contribution in [3.63, 3.8) is 0 Å². The first-order valence-corrected chi connectivity index (χ1v) is 9.25. The van der Waals surface area contributed by atoms with Crippen molar-refractivity contribution in [2.24, 2.45) is 0 Å². The molecular formula is C26H17N. The highest BCUT2D eigenvalue weighted by atomic mass is 14.5. The molecule has 0 fully saturated rings. The molecule has 0 spiro atoms. The molecule has 0 amide bonds. The van der Waals surface area contributed by atoms with Gasteiger partial charge in [-0.05, 0) is 54.5 Å². The Kier molecular flexibility index (Phi) is 2.81. The van der Waals surface area contributed by atoms with Gasteiger partial charge in [-0.15, -0.1) is 0 Å². The van der Waals surface area contributed by atoms with Gasteiger partial charge in [0.1, 0.15) is 0 Å². The van der Waals surface area contributed by atoms with Crippen molar-refractivity contribution in [3.8, 4) is 0 Å². The van der Waals surface area contributed by atoms with Crippen LogP contribution in [0.1, 0.15) is 0 Å². The zero-order valence-corrected chi connectivity index (χ0v) is 14.7. The minimum absolute atomic E-state index is 0.836. The molecule has 1 heteroatoms. The quantitative estimate of drug-likeness (QED) is 0.232. The Balaban J connectivity index is 2.03.